The minimum Gasteiger partial charge on any atom is -0.373 e. The minimum atomic E-state index is 0.664. The van der Waals surface area contributed by atoms with Crippen LogP contribution >= 0.6 is 0 Å². The van der Waals surface area contributed by atoms with Gasteiger partial charge in [-0.25, -0.2) is 0 Å². The van der Waals surface area contributed by atoms with Gasteiger partial charge in [-0.1, -0.05) is 36.4 Å². The minimum absolute atomic E-state index is 0.664. The molecule has 1 aromatic carbocycles. The Morgan fingerprint density at radius 3 is 1.79 bits per heavy atom. The summed E-state index contributed by atoms with van der Waals surface area (Å²) in [5.74, 6) is 0. The van der Waals surface area contributed by atoms with Crippen molar-refractivity contribution in [2.24, 2.45) is 0 Å². The number of ether oxygens (including phenoxy) is 2. The molecule has 0 aliphatic carbocycles. The fraction of sp³-hybridized carbons (Fsp3) is 0.333. The fourth-order valence-electron chi connectivity index (χ4n) is 1.45. The first-order valence-electron chi connectivity index (χ1n) is 4.84. The predicted molar refractivity (Wildman–Crippen MR) is 54.9 cm³/mol. The fourth-order valence-corrected chi connectivity index (χ4v) is 1.45. The molecular formula is C12H14O2. The van der Waals surface area contributed by atoms with E-state index in [1.54, 1.807) is 0 Å². The molecule has 0 amide bonds. The lowest BCUT2D eigenvalue weighted by atomic mass is 10.1. The largest absolute Gasteiger partial charge is 0.373 e. The van der Waals surface area contributed by atoms with Crippen molar-refractivity contribution < 1.29 is 9.47 Å². The average molecular weight is 190 g/mol. The van der Waals surface area contributed by atoms with Crippen LogP contribution in [0.25, 0.3) is 0 Å². The van der Waals surface area contributed by atoms with E-state index in [1.165, 1.54) is 11.1 Å². The van der Waals surface area contributed by atoms with Crippen molar-refractivity contribution in [3.8, 4) is 0 Å². The van der Waals surface area contributed by atoms with Crippen molar-refractivity contribution in [2.45, 2.75) is 13.2 Å². The van der Waals surface area contributed by atoms with Crippen LogP contribution < -0.4 is 0 Å². The molecule has 0 radical (unpaired) electrons. The predicted octanol–water partition coefficient (Wildman–Crippen LogP) is 2.29. The van der Waals surface area contributed by atoms with Crippen LogP contribution in [-0.4, -0.2) is 13.2 Å². The molecule has 0 N–H and O–H groups in total. The molecule has 1 aliphatic rings. The Morgan fingerprint density at radius 1 is 0.786 bits per heavy atom. The normalized spacial score (nSPS) is 19.7. The Morgan fingerprint density at radius 2 is 1.29 bits per heavy atom. The van der Waals surface area contributed by atoms with Crippen LogP contribution in [0.3, 0.4) is 0 Å². The molecule has 1 aliphatic heterocycles. The third-order valence-corrected chi connectivity index (χ3v) is 2.23. The number of rotatable bonds is 0. The summed E-state index contributed by atoms with van der Waals surface area (Å²) in [6, 6.07) is 8.24. The van der Waals surface area contributed by atoms with Crippen LogP contribution in [0.4, 0.5) is 0 Å². The molecule has 2 nitrogen and oxygen atoms in total. The van der Waals surface area contributed by atoms with Crippen molar-refractivity contribution in [3.63, 3.8) is 0 Å². The molecule has 0 aromatic heterocycles. The van der Waals surface area contributed by atoms with Gasteiger partial charge in [0, 0.05) is 0 Å². The van der Waals surface area contributed by atoms with Crippen LogP contribution in [0.2, 0.25) is 0 Å². The summed E-state index contributed by atoms with van der Waals surface area (Å²) in [6.45, 7) is 2.67. The van der Waals surface area contributed by atoms with Crippen molar-refractivity contribution in [3.05, 3.63) is 47.5 Å². The van der Waals surface area contributed by atoms with Crippen LogP contribution in [-0.2, 0) is 22.7 Å². The first-order valence-corrected chi connectivity index (χ1v) is 4.84. The quantitative estimate of drug-likeness (QED) is 0.584. The van der Waals surface area contributed by atoms with E-state index in [2.05, 4.69) is 12.1 Å². The summed E-state index contributed by atoms with van der Waals surface area (Å²) in [5, 5.41) is 0. The first kappa shape index (κ1) is 9.44. The number of fused-ring (bicyclic) bond motifs is 1. The zero-order chi connectivity index (χ0) is 9.64. The van der Waals surface area contributed by atoms with Crippen molar-refractivity contribution in [2.75, 3.05) is 13.2 Å². The lowest BCUT2D eigenvalue weighted by Crippen LogP contribution is -2.02. The van der Waals surface area contributed by atoms with Gasteiger partial charge in [0.05, 0.1) is 26.4 Å². The van der Waals surface area contributed by atoms with E-state index in [9.17, 15) is 0 Å². The highest BCUT2D eigenvalue weighted by Crippen LogP contribution is 2.12. The van der Waals surface area contributed by atoms with Crippen LogP contribution in [0.5, 0.6) is 0 Å². The molecule has 1 heterocycles. The number of hydrogen-bond acceptors (Lipinski definition) is 2. The first-order chi connectivity index (χ1) is 6.97. The molecule has 0 fully saturated rings. The summed E-state index contributed by atoms with van der Waals surface area (Å²) in [5.41, 5.74) is 2.45. The van der Waals surface area contributed by atoms with Crippen LogP contribution in [0.1, 0.15) is 11.1 Å². The van der Waals surface area contributed by atoms with Gasteiger partial charge in [0.2, 0.25) is 0 Å². The Hall–Kier alpha value is -1.12. The SMILES string of the molecule is C1=C\COCc2ccccc2COC/1. The Labute approximate surface area is 84.2 Å². The van der Waals surface area contributed by atoms with Gasteiger partial charge in [0.25, 0.3) is 0 Å². The smallest absolute Gasteiger partial charge is 0.0724 e. The van der Waals surface area contributed by atoms with Gasteiger partial charge in [-0.15, -0.1) is 0 Å². The van der Waals surface area contributed by atoms with Gasteiger partial charge >= 0.3 is 0 Å². The highest BCUT2D eigenvalue weighted by Gasteiger charge is 2.02. The molecule has 0 bridgehead atoms. The van der Waals surface area contributed by atoms with E-state index in [-0.39, 0.29) is 0 Å². The van der Waals surface area contributed by atoms with Gasteiger partial charge < -0.3 is 9.47 Å². The van der Waals surface area contributed by atoms with Crippen molar-refractivity contribution in [1.82, 2.24) is 0 Å². The number of hydrogen-bond donors (Lipinski definition) is 0. The average Bonchev–Trinajstić information content (AvgIpc) is 2.25. The molecule has 0 atom stereocenters. The summed E-state index contributed by atoms with van der Waals surface area (Å²) in [6.07, 6.45) is 3.99. The van der Waals surface area contributed by atoms with E-state index in [1.807, 2.05) is 24.3 Å². The van der Waals surface area contributed by atoms with E-state index in [0.29, 0.717) is 26.4 Å². The van der Waals surface area contributed by atoms with Crippen molar-refractivity contribution >= 4 is 0 Å². The molecule has 2 heteroatoms. The summed E-state index contributed by atoms with van der Waals surface area (Å²) in [4.78, 5) is 0. The van der Waals surface area contributed by atoms with Gasteiger partial charge in [-0.2, -0.15) is 0 Å². The lowest BCUT2D eigenvalue weighted by molar-refractivity contribution is 0.126. The van der Waals surface area contributed by atoms with Gasteiger partial charge in [0.15, 0.2) is 0 Å². The van der Waals surface area contributed by atoms with Crippen molar-refractivity contribution in [1.29, 1.82) is 0 Å². The van der Waals surface area contributed by atoms with Gasteiger partial charge in [-0.05, 0) is 11.1 Å². The third-order valence-electron chi connectivity index (χ3n) is 2.23. The maximum Gasteiger partial charge on any atom is 0.0724 e. The van der Waals surface area contributed by atoms with E-state index in [4.69, 9.17) is 9.47 Å². The lowest BCUT2D eigenvalue weighted by Gasteiger charge is -2.10. The van der Waals surface area contributed by atoms with E-state index in [0.717, 1.165) is 0 Å². The topological polar surface area (TPSA) is 18.5 Å². The summed E-state index contributed by atoms with van der Waals surface area (Å²) in [7, 11) is 0. The maximum absolute atomic E-state index is 5.49. The Balaban J connectivity index is 2.14. The molecule has 74 valence electrons. The molecule has 14 heavy (non-hydrogen) atoms. The highest BCUT2D eigenvalue weighted by atomic mass is 16.5. The monoisotopic (exact) mass is 190 g/mol. The zero-order valence-corrected chi connectivity index (χ0v) is 8.11. The standard InChI is InChI=1S/C12H14O2/c1-2-6-12-10-14-8-4-3-7-13-9-11(12)5-1/h1-6H,7-10H2/b4-3-. The van der Waals surface area contributed by atoms with E-state index >= 15 is 0 Å². The molecule has 0 saturated heterocycles. The van der Waals surface area contributed by atoms with Crippen LogP contribution in [0, 0.1) is 0 Å². The second kappa shape index (κ2) is 4.94. The second-order valence-electron chi connectivity index (χ2n) is 3.27. The highest BCUT2D eigenvalue weighted by molar-refractivity contribution is 5.25. The van der Waals surface area contributed by atoms with E-state index < -0.39 is 0 Å². The van der Waals surface area contributed by atoms with Gasteiger partial charge in [0.1, 0.15) is 0 Å². The zero-order valence-electron chi connectivity index (χ0n) is 8.11. The summed E-state index contributed by atoms with van der Waals surface area (Å²) < 4.78 is 11.0. The molecule has 0 unspecified atom stereocenters. The Kier molecular flexibility index (Phi) is 3.33. The molecule has 1 aromatic rings. The molecule has 0 saturated carbocycles. The van der Waals surface area contributed by atoms with Gasteiger partial charge in [-0.3, -0.25) is 0 Å². The number of benzene rings is 1. The Bertz CT molecular complexity index is 287. The summed E-state index contributed by atoms with van der Waals surface area (Å²) >= 11 is 0. The molecule has 0 spiro atoms. The molecule has 2 rings (SSSR count). The maximum atomic E-state index is 5.49. The molecular weight excluding hydrogens is 176 g/mol. The third kappa shape index (κ3) is 2.44. The second-order valence-corrected chi connectivity index (χ2v) is 3.27. The van der Waals surface area contributed by atoms with Crippen LogP contribution in [0.15, 0.2) is 36.4 Å².